The molecule has 144 valence electrons. The number of benzene rings is 3. The molecule has 0 aliphatic carbocycles. The summed E-state index contributed by atoms with van der Waals surface area (Å²) in [5, 5.41) is 9.22. The van der Waals surface area contributed by atoms with Gasteiger partial charge in [-0.1, -0.05) is 91.0 Å². The summed E-state index contributed by atoms with van der Waals surface area (Å²) in [5.41, 5.74) is 2.61. The van der Waals surface area contributed by atoms with Gasteiger partial charge in [-0.05, 0) is 16.7 Å². The maximum atomic E-state index is 11.2. The van der Waals surface area contributed by atoms with E-state index in [0.29, 0.717) is 6.42 Å². The van der Waals surface area contributed by atoms with Crippen molar-refractivity contribution in [2.75, 3.05) is 0 Å². The molecule has 0 spiro atoms. The third-order valence-electron chi connectivity index (χ3n) is 5.22. The van der Waals surface area contributed by atoms with E-state index >= 15 is 0 Å². The van der Waals surface area contributed by atoms with Crippen LogP contribution in [0.25, 0.3) is 0 Å². The van der Waals surface area contributed by atoms with Crippen LogP contribution >= 0.6 is 0 Å². The first kappa shape index (κ1) is 18.7. The highest BCUT2D eigenvalue weighted by Gasteiger charge is 2.39. The van der Waals surface area contributed by atoms with Gasteiger partial charge in [0, 0.05) is 18.8 Å². The summed E-state index contributed by atoms with van der Waals surface area (Å²) < 4.78 is 2.12. The lowest BCUT2D eigenvalue weighted by Crippen LogP contribution is -2.38. The van der Waals surface area contributed by atoms with Crippen LogP contribution in [0, 0.1) is 0 Å². The summed E-state index contributed by atoms with van der Waals surface area (Å²) >= 11 is 0. The van der Waals surface area contributed by atoms with Crippen molar-refractivity contribution in [3.8, 4) is 0 Å². The van der Waals surface area contributed by atoms with Gasteiger partial charge in [0.15, 0.2) is 0 Å². The van der Waals surface area contributed by atoms with Crippen molar-refractivity contribution in [3.05, 3.63) is 126 Å². The summed E-state index contributed by atoms with van der Waals surface area (Å²) in [6.45, 7) is 0. The Morgan fingerprint density at radius 2 is 1.24 bits per heavy atom. The van der Waals surface area contributed by atoms with Gasteiger partial charge < -0.3 is 9.67 Å². The van der Waals surface area contributed by atoms with E-state index in [0.717, 1.165) is 22.5 Å². The van der Waals surface area contributed by atoms with Crippen LogP contribution in [0.1, 0.15) is 28.9 Å². The number of rotatable bonds is 7. The number of carbonyl (C=O) groups is 1. The fraction of sp³-hybridized carbons (Fsp3) is 0.120. The number of aryl methyl sites for hydroxylation is 1. The molecule has 4 rings (SSSR count). The normalized spacial score (nSPS) is 11.3. The van der Waals surface area contributed by atoms with Crippen LogP contribution in [-0.2, 0) is 16.8 Å². The zero-order chi connectivity index (χ0) is 20.1. The van der Waals surface area contributed by atoms with E-state index in [4.69, 9.17) is 0 Å². The molecule has 0 amide bonds. The molecule has 0 saturated carbocycles. The first-order valence-corrected chi connectivity index (χ1v) is 9.64. The van der Waals surface area contributed by atoms with E-state index in [9.17, 15) is 9.90 Å². The lowest BCUT2D eigenvalue weighted by atomic mass is 9.76. The van der Waals surface area contributed by atoms with Crippen molar-refractivity contribution in [2.24, 2.45) is 0 Å². The lowest BCUT2D eigenvalue weighted by Gasteiger charge is -2.38. The van der Waals surface area contributed by atoms with E-state index in [-0.39, 0.29) is 6.42 Å². The zero-order valence-electron chi connectivity index (χ0n) is 16.0. The van der Waals surface area contributed by atoms with E-state index in [1.165, 1.54) is 0 Å². The van der Waals surface area contributed by atoms with Crippen LogP contribution in [0.15, 0.2) is 103 Å². The molecule has 0 aliphatic rings. The Labute approximate surface area is 170 Å². The summed E-state index contributed by atoms with van der Waals surface area (Å²) in [7, 11) is 0. The SMILES string of the molecule is O=C(O)CCc1nccn1C(c1ccccc1)(c1ccccc1)c1ccccc1. The molecule has 0 saturated heterocycles. The first-order valence-electron chi connectivity index (χ1n) is 9.64. The first-order chi connectivity index (χ1) is 14.2. The Morgan fingerprint density at radius 3 is 1.66 bits per heavy atom. The largest absolute Gasteiger partial charge is 0.481 e. The molecular weight excluding hydrogens is 360 g/mol. The standard InChI is InChI=1S/C25H22N2O2/c28-24(29)17-16-23-26-18-19-27(23)25(20-10-4-1-5-11-20,21-12-6-2-7-13-21)22-14-8-3-9-15-22/h1-15,18-19H,16-17H2,(H,28,29). The molecule has 0 bridgehead atoms. The molecule has 4 aromatic rings. The number of carboxylic acids is 1. The van der Waals surface area contributed by atoms with Crippen molar-refractivity contribution >= 4 is 5.97 Å². The van der Waals surface area contributed by atoms with Crippen LogP contribution in [0.5, 0.6) is 0 Å². The minimum absolute atomic E-state index is 0.0332. The molecule has 1 N–H and O–H groups in total. The number of hydrogen-bond donors (Lipinski definition) is 1. The second-order valence-electron chi connectivity index (χ2n) is 6.92. The summed E-state index contributed by atoms with van der Waals surface area (Å²) in [6, 6.07) is 30.9. The number of aliphatic carboxylic acids is 1. The Balaban J connectivity index is 2.05. The third-order valence-corrected chi connectivity index (χ3v) is 5.22. The summed E-state index contributed by atoms with van der Waals surface area (Å²) in [5.74, 6) is -0.0896. The van der Waals surface area contributed by atoms with Gasteiger partial charge in [-0.2, -0.15) is 0 Å². The quantitative estimate of drug-likeness (QED) is 0.470. The lowest BCUT2D eigenvalue weighted by molar-refractivity contribution is -0.137. The molecular formula is C25H22N2O2. The van der Waals surface area contributed by atoms with E-state index in [1.807, 2.05) is 60.8 Å². The molecule has 0 radical (unpaired) electrons. The minimum atomic E-state index is -0.829. The Morgan fingerprint density at radius 1 is 0.793 bits per heavy atom. The predicted molar refractivity (Wildman–Crippen MR) is 113 cm³/mol. The van der Waals surface area contributed by atoms with Crippen molar-refractivity contribution in [3.63, 3.8) is 0 Å². The smallest absolute Gasteiger partial charge is 0.303 e. The van der Waals surface area contributed by atoms with Crippen molar-refractivity contribution < 1.29 is 9.90 Å². The second-order valence-corrected chi connectivity index (χ2v) is 6.92. The summed E-state index contributed by atoms with van der Waals surface area (Å²) in [6.07, 6.45) is 4.09. The maximum Gasteiger partial charge on any atom is 0.303 e. The Hall–Kier alpha value is -3.66. The van der Waals surface area contributed by atoms with Gasteiger partial charge in [0.2, 0.25) is 0 Å². The molecule has 29 heavy (non-hydrogen) atoms. The molecule has 0 fully saturated rings. The van der Waals surface area contributed by atoms with E-state index < -0.39 is 11.5 Å². The average Bonchev–Trinajstić information content (AvgIpc) is 3.24. The highest BCUT2D eigenvalue weighted by molar-refractivity contribution is 5.67. The topological polar surface area (TPSA) is 55.1 Å². The van der Waals surface area contributed by atoms with Gasteiger partial charge in [-0.3, -0.25) is 4.79 Å². The van der Waals surface area contributed by atoms with Gasteiger partial charge in [0.1, 0.15) is 11.4 Å². The van der Waals surface area contributed by atoms with Crippen LogP contribution in [0.3, 0.4) is 0 Å². The molecule has 0 atom stereocenters. The van der Waals surface area contributed by atoms with E-state index in [2.05, 4.69) is 45.9 Å². The highest BCUT2D eigenvalue weighted by Crippen LogP contribution is 2.41. The number of aromatic nitrogens is 2. The predicted octanol–water partition coefficient (Wildman–Crippen LogP) is 4.74. The van der Waals surface area contributed by atoms with Gasteiger partial charge >= 0.3 is 5.97 Å². The van der Waals surface area contributed by atoms with Crippen LogP contribution in [0.4, 0.5) is 0 Å². The van der Waals surface area contributed by atoms with Crippen molar-refractivity contribution in [2.45, 2.75) is 18.4 Å². The molecule has 4 heteroatoms. The molecule has 1 heterocycles. The van der Waals surface area contributed by atoms with E-state index in [1.54, 1.807) is 6.20 Å². The zero-order valence-corrected chi connectivity index (χ0v) is 16.0. The number of imidazole rings is 1. The number of carboxylic acid groups (broad SMARTS) is 1. The van der Waals surface area contributed by atoms with Crippen LogP contribution < -0.4 is 0 Å². The monoisotopic (exact) mass is 382 g/mol. The van der Waals surface area contributed by atoms with Gasteiger partial charge in [0.05, 0.1) is 6.42 Å². The van der Waals surface area contributed by atoms with Crippen molar-refractivity contribution in [1.82, 2.24) is 9.55 Å². The second kappa shape index (κ2) is 8.15. The Kier molecular flexibility index (Phi) is 5.25. The molecule has 3 aromatic carbocycles. The molecule has 0 unspecified atom stereocenters. The maximum absolute atomic E-state index is 11.2. The highest BCUT2D eigenvalue weighted by atomic mass is 16.4. The molecule has 0 aliphatic heterocycles. The number of hydrogen-bond acceptors (Lipinski definition) is 2. The number of nitrogens with zero attached hydrogens (tertiary/aromatic N) is 2. The van der Waals surface area contributed by atoms with Gasteiger partial charge in [-0.25, -0.2) is 4.98 Å². The average molecular weight is 382 g/mol. The van der Waals surface area contributed by atoms with Gasteiger partial charge in [0.25, 0.3) is 0 Å². The Bertz CT molecular complexity index is 977. The third kappa shape index (κ3) is 3.45. The molecule has 1 aromatic heterocycles. The van der Waals surface area contributed by atoms with Gasteiger partial charge in [-0.15, -0.1) is 0 Å². The van der Waals surface area contributed by atoms with Crippen LogP contribution in [0.2, 0.25) is 0 Å². The fourth-order valence-corrected chi connectivity index (χ4v) is 4.00. The minimum Gasteiger partial charge on any atom is -0.481 e. The summed E-state index contributed by atoms with van der Waals surface area (Å²) in [4.78, 5) is 15.8. The van der Waals surface area contributed by atoms with Crippen LogP contribution in [-0.4, -0.2) is 20.6 Å². The van der Waals surface area contributed by atoms with Crippen molar-refractivity contribution in [1.29, 1.82) is 0 Å². The fourth-order valence-electron chi connectivity index (χ4n) is 4.00. The molecule has 4 nitrogen and oxygen atoms in total.